The number of Topliss-reactive ketones (excluding diaryl/α,β-unsaturated/α-hetero) is 1. The molecule has 18 heavy (non-hydrogen) atoms. The van der Waals surface area contributed by atoms with Crippen molar-refractivity contribution < 1.29 is 14.3 Å². The first-order chi connectivity index (χ1) is 8.28. The van der Waals surface area contributed by atoms with E-state index in [0.29, 0.717) is 12.3 Å². The van der Waals surface area contributed by atoms with E-state index in [9.17, 15) is 9.59 Å². The van der Waals surface area contributed by atoms with E-state index in [0.717, 1.165) is 12.8 Å². The van der Waals surface area contributed by atoms with Crippen molar-refractivity contribution in [2.24, 2.45) is 5.92 Å². The maximum atomic E-state index is 11.8. The monoisotopic (exact) mass is 255 g/mol. The number of ether oxygens (including phenoxy) is 1. The molecule has 0 spiro atoms. The molecule has 0 N–H and O–H groups in total. The van der Waals surface area contributed by atoms with Crippen LogP contribution in [-0.2, 0) is 9.53 Å². The Morgan fingerprint density at radius 2 is 1.78 bits per heavy atom. The fourth-order valence-corrected chi connectivity index (χ4v) is 2.27. The van der Waals surface area contributed by atoms with E-state index in [1.54, 1.807) is 7.05 Å². The van der Waals surface area contributed by atoms with Crippen LogP contribution < -0.4 is 0 Å². The lowest BCUT2D eigenvalue weighted by Crippen LogP contribution is -2.37. The molecule has 0 atom stereocenters. The van der Waals surface area contributed by atoms with Gasteiger partial charge in [0.05, 0.1) is 6.54 Å². The Morgan fingerprint density at radius 1 is 1.22 bits per heavy atom. The highest BCUT2D eigenvalue weighted by molar-refractivity contribution is 5.84. The molecular formula is C14H25NO3. The van der Waals surface area contributed by atoms with E-state index < -0.39 is 11.7 Å². The molecule has 0 aliphatic heterocycles. The van der Waals surface area contributed by atoms with Gasteiger partial charge in [0, 0.05) is 13.5 Å². The highest BCUT2D eigenvalue weighted by atomic mass is 16.6. The second-order valence-corrected chi connectivity index (χ2v) is 6.23. The van der Waals surface area contributed by atoms with Gasteiger partial charge in [-0.3, -0.25) is 4.79 Å². The van der Waals surface area contributed by atoms with Crippen molar-refractivity contribution in [2.75, 3.05) is 13.6 Å². The molecule has 0 aromatic heterocycles. The zero-order valence-corrected chi connectivity index (χ0v) is 12.0. The first-order valence-corrected chi connectivity index (χ1v) is 6.74. The lowest BCUT2D eigenvalue weighted by molar-refractivity contribution is -0.120. The Morgan fingerprint density at radius 3 is 2.28 bits per heavy atom. The summed E-state index contributed by atoms with van der Waals surface area (Å²) in [5.74, 6) is 0.666. The number of nitrogens with zero attached hydrogens (tertiary/aromatic N) is 1. The quantitative estimate of drug-likeness (QED) is 0.775. The molecule has 0 heterocycles. The average Bonchev–Trinajstić information content (AvgIpc) is 2.67. The topological polar surface area (TPSA) is 46.6 Å². The third-order valence-corrected chi connectivity index (χ3v) is 3.11. The molecule has 4 nitrogen and oxygen atoms in total. The number of rotatable bonds is 4. The minimum Gasteiger partial charge on any atom is -0.444 e. The van der Waals surface area contributed by atoms with Crippen LogP contribution in [-0.4, -0.2) is 36.0 Å². The van der Waals surface area contributed by atoms with Crippen LogP contribution in [0.15, 0.2) is 0 Å². The fourth-order valence-electron chi connectivity index (χ4n) is 2.27. The van der Waals surface area contributed by atoms with Gasteiger partial charge in [0.1, 0.15) is 5.60 Å². The van der Waals surface area contributed by atoms with Crippen LogP contribution in [0.5, 0.6) is 0 Å². The minimum absolute atomic E-state index is 0.134. The van der Waals surface area contributed by atoms with Crippen LogP contribution in [0, 0.1) is 5.92 Å². The van der Waals surface area contributed by atoms with Gasteiger partial charge in [0.2, 0.25) is 0 Å². The summed E-state index contributed by atoms with van der Waals surface area (Å²) in [5, 5.41) is 0. The zero-order chi connectivity index (χ0) is 13.8. The number of amides is 1. The van der Waals surface area contributed by atoms with Crippen LogP contribution >= 0.6 is 0 Å². The third-order valence-electron chi connectivity index (χ3n) is 3.11. The van der Waals surface area contributed by atoms with E-state index in [-0.39, 0.29) is 12.3 Å². The maximum Gasteiger partial charge on any atom is 0.410 e. The molecule has 1 amide bonds. The van der Waals surface area contributed by atoms with Gasteiger partial charge in [-0.05, 0) is 26.7 Å². The lowest BCUT2D eigenvalue weighted by atomic mass is 10.0. The van der Waals surface area contributed by atoms with Gasteiger partial charge in [-0.25, -0.2) is 4.79 Å². The van der Waals surface area contributed by atoms with Crippen molar-refractivity contribution in [3.8, 4) is 0 Å². The van der Waals surface area contributed by atoms with Gasteiger partial charge < -0.3 is 9.64 Å². The first kappa shape index (κ1) is 15.0. The smallest absolute Gasteiger partial charge is 0.410 e. The minimum atomic E-state index is -0.514. The normalized spacial score (nSPS) is 16.7. The number of carbonyl (C=O) groups is 2. The molecule has 4 heteroatoms. The van der Waals surface area contributed by atoms with Crippen LogP contribution in [0.1, 0.15) is 52.9 Å². The predicted octanol–water partition coefficient (Wildman–Crippen LogP) is 3.00. The van der Waals surface area contributed by atoms with Gasteiger partial charge in [-0.1, -0.05) is 25.7 Å². The molecule has 0 saturated heterocycles. The summed E-state index contributed by atoms with van der Waals surface area (Å²) in [6.07, 6.45) is 4.96. The van der Waals surface area contributed by atoms with E-state index in [4.69, 9.17) is 4.74 Å². The summed E-state index contributed by atoms with van der Waals surface area (Å²) in [7, 11) is 1.61. The van der Waals surface area contributed by atoms with E-state index in [1.165, 1.54) is 17.7 Å². The number of carbonyl (C=O) groups excluding carboxylic acids is 2. The van der Waals surface area contributed by atoms with E-state index >= 15 is 0 Å². The molecule has 1 aliphatic rings. The molecule has 0 unspecified atom stereocenters. The molecule has 1 aliphatic carbocycles. The van der Waals surface area contributed by atoms with Crippen LogP contribution in [0.3, 0.4) is 0 Å². The van der Waals surface area contributed by atoms with Gasteiger partial charge in [0.25, 0.3) is 0 Å². The van der Waals surface area contributed by atoms with Crippen molar-refractivity contribution in [3.05, 3.63) is 0 Å². The van der Waals surface area contributed by atoms with Crippen molar-refractivity contribution in [1.82, 2.24) is 4.90 Å². The Bertz CT molecular complexity index is 301. The van der Waals surface area contributed by atoms with Crippen molar-refractivity contribution in [1.29, 1.82) is 0 Å². The SMILES string of the molecule is CN(CC(=O)CC1CCCC1)C(=O)OC(C)(C)C. The van der Waals surface area contributed by atoms with E-state index in [2.05, 4.69) is 0 Å². The van der Waals surface area contributed by atoms with Crippen LogP contribution in [0.25, 0.3) is 0 Å². The number of hydrogen-bond acceptors (Lipinski definition) is 3. The Balaban J connectivity index is 2.31. The molecule has 1 rings (SSSR count). The predicted molar refractivity (Wildman–Crippen MR) is 70.4 cm³/mol. The van der Waals surface area contributed by atoms with Crippen LogP contribution in [0.4, 0.5) is 4.79 Å². The fraction of sp³-hybridized carbons (Fsp3) is 0.857. The van der Waals surface area contributed by atoms with Crippen molar-refractivity contribution >= 4 is 11.9 Å². The largest absolute Gasteiger partial charge is 0.444 e. The lowest BCUT2D eigenvalue weighted by Gasteiger charge is -2.24. The standard InChI is InChI=1S/C14H25NO3/c1-14(2,3)18-13(17)15(4)10-12(16)9-11-7-5-6-8-11/h11H,5-10H2,1-4H3. The maximum absolute atomic E-state index is 11.8. The number of ketones is 1. The summed E-state index contributed by atoms with van der Waals surface area (Å²) in [4.78, 5) is 24.9. The second kappa shape index (κ2) is 6.21. The van der Waals surface area contributed by atoms with E-state index in [1.807, 2.05) is 20.8 Å². The van der Waals surface area contributed by atoms with Gasteiger partial charge >= 0.3 is 6.09 Å². The first-order valence-electron chi connectivity index (χ1n) is 6.74. The average molecular weight is 255 g/mol. The molecule has 1 fully saturated rings. The molecular weight excluding hydrogens is 230 g/mol. The molecule has 0 radical (unpaired) electrons. The van der Waals surface area contributed by atoms with Crippen LogP contribution in [0.2, 0.25) is 0 Å². The number of likely N-dealkylation sites (N-methyl/N-ethyl adjacent to an activating group) is 1. The molecule has 1 saturated carbocycles. The second-order valence-electron chi connectivity index (χ2n) is 6.23. The Hall–Kier alpha value is -1.06. The summed E-state index contributed by atoms with van der Waals surface area (Å²) in [6.45, 7) is 5.61. The molecule has 104 valence electrons. The third kappa shape index (κ3) is 5.52. The summed E-state index contributed by atoms with van der Waals surface area (Å²) >= 11 is 0. The highest BCUT2D eigenvalue weighted by Crippen LogP contribution is 2.27. The van der Waals surface area contributed by atoms with Gasteiger partial charge in [-0.2, -0.15) is 0 Å². The van der Waals surface area contributed by atoms with Crippen molar-refractivity contribution in [3.63, 3.8) is 0 Å². The zero-order valence-electron chi connectivity index (χ0n) is 12.0. The Kier molecular flexibility index (Phi) is 5.17. The molecule has 0 aromatic carbocycles. The number of hydrogen-bond donors (Lipinski definition) is 0. The molecule has 0 bridgehead atoms. The highest BCUT2D eigenvalue weighted by Gasteiger charge is 2.23. The summed E-state index contributed by atoms with van der Waals surface area (Å²) in [5.41, 5.74) is -0.514. The van der Waals surface area contributed by atoms with Gasteiger partial charge in [0.15, 0.2) is 5.78 Å². The molecule has 0 aromatic rings. The van der Waals surface area contributed by atoms with Gasteiger partial charge in [-0.15, -0.1) is 0 Å². The van der Waals surface area contributed by atoms with Crippen molar-refractivity contribution in [2.45, 2.75) is 58.5 Å². The summed E-state index contributed by atoms with van der Waals surface area (Å²) in [6, 6.07) is 0. The Labute approximate surface area is 110 Å². The summed E-state index contributed by atoms with van der Waals surface area (Å²) < 4.78 is 5.21.